The van der Waals surface area contributed by atoms with E-state index in [9.17, 15) is 0 Å². The van der Waals surface area contributed by atoms with Crippen LogP contribution in [0, 0.1) is 6.92 Å². The Bertz CT molecular complexity index is 998. The normalized spacial score (nSPS) is 15.0. The molecule has 1 aliphatic carbocycles. The smallest absolute Gasteiger partial charge is 0.201 e. The van der Waals surface area contributed by atoms with Crippen molar-refractivity contribution >= 4 is 27.2 Å². The van der Waals surface area contributed by atoms with E-state index < -0.39 is 0 Å². The second-order valence-electron chi connectivity index (χ2n) is 7.12. The highest BCUT2D eigenvalue weighted by molar-refractivity contribution is 7.21. The van der Waals surface area contributed by atoms with Crippen molar-refractivity contribution in [3.63, 3.8) is 0 Å². The molecule has 0 radical (unpaired) electrons. The average Bonchev–Trinajstić information content (AvgIpc) is 2.66. The Morgan fingerprint density at radius 2 is 1.92 bits per heavy atom. The second-order valence-corrected chi connectivity index (χ2v) is 8.21. The van der Waals surface area contributed by atoms with Gasteiger partial charge >= 0.3 is 0 Å². The molecule has 0 atom stereocenters. The highest BCUT2D eigenvalue weighted by Crippen LogP contribution is 2.35. The maximum atomic E-state index is 5.50. The van der Waals surface area contributed by atoms with Gasteiger partial charge in [-0.15, -0.1) is 11.3 Å². The van der Waals surface area contributed by atoms with Gasteiger partial charge in [-0.05, 0) is 36.6 Å². The van der Waals surface area contributed by atoms with E-state index in [-0.39, 0.29) is 0 Å². The predicted octanol–water partition coefficient (Wildman–Crippen LogP) is 3.14. The minimum Gasteiger partial charge on any atom is -0.378 e. The van der Waals surface area contributed by atoms with Gasteiger partial charge in [-0.2, -0.15) is 0 Å². The lowest BCUT2D eigenvalue weighted by Crippen LogP contribution is -2.36. The highest BCUT2D eigenvalue weighted by Gasteiger charge is 2.17. The summed E-state index contributed by atoms with van der Waals surface area (Å²) in [6.45, 7) is 7.92. The Morgan fingerprint density at radius 1 is 1.15 bits per heavy atom. The molecule has 0 unspecified atom stereocenters. The number of fused-ring (bicyclic) bond motifs is 2. The summed E-state index contributed by atoms with van der Waals surface area (Å²) in [6, 6.07) is 9.12. The molecule has 4 nitrogen and oxygen atoms in total. The summed E-state index contributed by atoms with van der Waals surface area (Å²) in [5.74, 6) is 0. The van der Waals surface area contributed by atoms with Crippen LogP contribution in [0.5, 0.6) is 0 Å². The third-order valence-electron chi connectivity index (χ3n) is 5.11. The van der Waals surface area contributed by atoms with Crippen LogP contribution >= 0.6 is 11.3 Å². The van der Waals surface area contributed by atoms with E-state index in [2.05, 4.69) is 61.7 Å². The van der Waals surface area contributed by atoms with Crippen molar-refractivity contribution in [2.75, 3.05) is 45.3 Å². The molecule has 5 heteroatoms. The molecule has 3 aliphatic rings. The summed E-state index contributed by atoms with van der Waals surface area (Å²) >= 11 is 1.86. The van der Waals surface area contributed by atoms with Gasteiger partial charge in [0.2, 0.25) is 5.36 Å². The SMILES string of the molecule is CCc1cc(=[N+](C)C)cc2sc3cc(N4CCOCC4)cc(C)c3nc1-2. The quantitative estimate of drug-likeness (QED) is 0.514. The lowest BCUT2D eigenvalue weighted by molar-refractivity contribution is 0.122. The Balaban J connectivity index is 1.95. The standard InChI is InChI=1S/C21H26N3OS/c1-5-15-11-16(23(3)4)12-19-21(15)22-20-14(2)10-17(13-18(20)26-19)24-6-8-25-9-7-24/h10-13H,5-9H2,1-4H3/q+1. The maximum absolute atomic E-state index is 5.50. The fraction of sp³-hybridized carbons (Fsp3) is 0.429. The van der Waals surface area contributed by atoms with Crippen LogP contribution in [0.4, 0.5) is 5.69 Å². The molecule has 1 aromatic carbocycles. The Morgan fingerprint density at radius 3 is 2.62 bits per heavy atom. The zero-order chi connectivity index (χ0) is 18.3. The first-order valence-corrected chi connectivity index (χ1v) is 10.1. The zero-order valence-electron chi connectivity index (χ0n) is 16.0. The number of ether oxygens (including phenoxy) is 1. The molecule has 0 saturated carbocycles. The van der Waals surface area contributed by atoms with E-state index in [0.29, 0.717) is 0 Å². The van der Waals surface area contributed by atoms with Gasteiger partial charge in [-0.1, -0.05) is 6.92 Å². The van der Waals surface area contributed by atoms with E-state index in [4.69, 9.17) is 9.72 Å². The van der Waals surface area contributed by atoms with Crippen molar-refractivity contribution in [3.8, 4) is 10.6 Å². The van der Waals surface area contributed by atoms with Gasteiger partial charge in [0.15, 0.2) is 0 Å². The van der Waals surface area contributed by atoms with Crippen molar-refractivity contribution < 1.29 is 4.74 Å². The van der Waals surface area contributed by atoms with Crippen molar-refractivity contribution in [1.82, 2.24) is 9.56 Å². The minimum atomic E-state index is 0.808. The van der Waals surface area contributed by atoms with Crippen LogP contribution in [0.25, 0.3) is 20.8 Å². The predicted molar refractivity (Wildman–Crippen MR) is 111 cm³/mol. The Kier molecular flexibility index (Phi) is 4.67. The van der Waals surface area contributed by atoms with E-state index in [1.54, 1.807) is 0 Å². The topological polar surface area (TPSA) is 28.4 Å². The van der Waals surface area contributed by atoms with Gasteiger partial charge in [0.05, 0.1) is 34.0 Å². The molecule has 1 fully saturated rings. The number of anilines is 1. The van der Waals surface area contributed by atoms with Gasteiger partial charge in [0.1, 0.15) is 14.1 Å². The molecular weight excluding hydrogens is 342 g/mol. The van der Waals surface area contributed by atoms with Crippen molar-refractivity contribution in [3.05, 3.63) is 40.7 Å². The number of hydrogen-bond donors (Lipinski definition) is 0. The van der Waals surface area contributed by atoms with E-state index in [0.717, 1.165) is 43.9 Å². The van der Waals surface area contributed by atoms with E-state index in [1.165, 1.54) is 31.7 Å². The first-order valence-electron chi connectivity index (χ1n) is 9.28. The van der Waals surface area contributed by atoms with Gasteiger partial charge in [-0.25, -0.2) is 9.56 Å². The third kappa shape index (κ3) is 3.10. The number of nitrogens with zero attached hydrogens (tertiary/aromatic N) is 3. The first kappa shape index (κ1) is 17.4. The van der Waals surface area contributed by atoms with Crippen LogP contribution in [0.1, 0.15) is 18.1 Å². The van der Waals surface area contributed by atoms with Gasteiger partial charge < -0.3 is 9.64 Å². The summed E-state index contributed by atoms with van der Waals surface area (Å²) in [7, 11) is 4.20. The summed E-state index contributed by atoms with van der Waals surface area (Å²) < 4.78 is 8.93. The van der Waals surface area contributed by atoms with Crippen LogP contribution in [-0.2, 0) is 11.2 Å². The van der Waals surface area contributed by atoms with Crippen LogP contribution in [0.15, 0.2) is 24.3 Å². The number of morpholine rings is 1. The molecule has 2 aliphatic heterocycles. The lowest BCUT2D eigenvalue weighted by Gasteiger charge is -2.29. The molecule has 0 amide bonds. The highest BCUT2D eigenvalue weighted by atomic mass is 32.1. The van der Waals surface area contributed by atoms with Crippen molar-refractivity contribution in [2.45, 2.75) is 20.3 Å². The van der Waals surface area contributed by atoms with Gasteiger partial charge in [0.25, 0.3) is 0 Å². The number of benzene rings is 2. The second kappa shape index (κ2) is 6.97. The lowest BCUT2D eigenvalue weighted by atomic mass is 10.1. The molecule has 26 heavy (non-hydrogen) atoms. The molecule has 1 aromatic rings. The molecule has 2 heterocycles. The van der Waals surface area contributed by atoms with Gasteiger partial charge in [-0.3, -0.25) is 0 Å². The molecule has 1 saturated heterocycles. The first-order chi connectivity index (χ1) is 12.6. The number of aryl methyl sites for hydroxylation is 2. The number of rotatable bonds is 2. The molecule has 136 valence electrons. The average molecular weight is 369 g/mol. The van der Waals surface area contributed by atoms with Crippen LogP contribution < -0.4 is 14.8 Å². The molecule has 0 bridgehead atoms. The largest absolute Gasteiger partial charge is 0.378 e. The minimum absolute atomic E-state index is 0.808. The van der Waals surface area contributed by atoms with Gasteiger partial charge in [0, 0.05) is 30.9 Å². The van der Waals surface area contributed by atoms with Crippen molar-refractivity contribution in [2.24, 2.45) is 0 Å². The van der Waals surface area contributed by atoms with Crippen molar-refractivity contribution in [1.29, 1.82) is 0 Å². The molecule has 0 N–H and O–H groups in total. The van der Waals surface area contributed by atoms with Crippen LogP contribution in [-0.4, -0.2) is 45.4 Å². The van der Waals surface area contributed by atoms with Crippen LogP contribution in [0.2, 0.25) is 0 Å². The molecule has 0 spiro atoms. The fourth-order valence-electron chi connectivity index (χ4n) is 3.57. The molecule has 4 rings (SSSR count). The van der Waals surface area contributed by atoms with E-state index in [1.807, 2.05) is 11.3 Å². The molecular formula is C21H26N3OS+. The Hall–Kier alpha value is -1.98. The zero-order valence-corrected chi connectivity index (χ0v) is 16.8. The molecule has 0 aromatic heterocycles. The maximum Gasteiger partial charge on any atom is 0.201 e. The Labute approximate surface area is 158 Å². The fourth-order valence-corrected chi connectivity index (χ4v) is 4.74. The number of aromatic nitrogens is 1. The van der Waals surface area contributed by atoms with E-state index >= 15 is 0 Å². The summed E-state index contributed by atoms with van der Waals surface area (Å²) in [4.78, 5) is 8.76. The summed E-state index contributed by atoms with van der Waals surface area (Å²) in [6.07, 6.45) is 0.994. The summed E-state index contributed by atoms with van der Waals surface area (Å²) in [5.41, 5.74) is 6.14. The number of hydrogen-bond acceptors (Lipinski definition) is 4. The monoisotopic (exact) mass is 368 g/mol. The van der Waals surface area contributed by atoms with Crippen LogP contribution in [0.3, 0.4) is 0 Å². The summed E-state index contributed by atoms with van der Waals surface area (Å²) in [5, 5.41) is 1.24. The third-order valence-corrected chi connectivity index (χ3v) is 6.17.